The number of aryl methyl sites for hydroxylation is 1. The van der Waals surface area contributed by atoms with E-state index in [4.69, 9.17) is 4.74 Å². The van der Waals surface area contributed by atoms with Gasteiger partial charge in [-0.15, -0.1) is 0 Å². The maximum atomic E-state index is 12.3. The SMILES string of the molecule is CC[C@H](C)NS(=O)(=O)c1ccc(OCC(=O)N[C@@H]2CCCc3ccccc32)cc1. The van der Waals surface area contributed by atoms with Crippen LogP contribution in [-0.2, 0) is 21.2 Å². The fraction of sp³-hybridized carbons (Fsp3) is 0.409. The maximum absolute atomic E-state index is 12.3. The van der Waals surface area contributed by atoms with Crippen LogP contribution in [0.15, 0.2) is 53.4 Å². The van der Waals surface area contributed by atoms with E-state index in [9.17, 15) is 13.2 Å². The number of hydrogen-bond acceptors (Lipinski definition) is 4. The number of carbonyl (C=O) groups is 1. The Hall–Kier alpha value is -2.38. The normalized spacial score (nSPS) is 17.2. The summed E-state index contributed by atoms with van der Waals surface area (Å²) in [4.78, 5) is 12.5. The second-order valence-electron chi connectivity index (χ2n) is 7.40. The molecule has 0 bridgehead atoms. The number of hydrogen-bond donors (Lipinski definition) is 2. The Balaban J connectivity index is 1.55. The zero-order valence-corrected chi connectivity index (χ0v) is 17.7. The number of ether oxygens (including phenoxy) is 1. The first kappa shape index (κ1) is 21.3. The number of sulfonamides is 1. The van der Waals surface area contributed by atoms with E-state index in [2.05, 4.69) is 22.2 Å². The van der Waals surface area contributed by atoms with Gasteiger partial charge in [-0.25, -0.2) is 13.1 Å². The lowest BCUT2D eigenvalue weighted by molar-refractivity contribution is -0.124. The van der Waals surface area contributed by atoms with Crippen molar-refractivity contribution in [3.8, 4) is 5.75 Å². The third kappa shape index (κ3) is 5.58. The highest BCUT2D eigenvalue weighted by Gasteiger charge is 2.21. The molecule has 1 amide bonds. The van der Waals surface area contributed by atoms with E-state index in [-0.39, 0.29) is 29.5 Å². The van der Waals surface area contributed by atoms with Gasteiger partial charge in [-0.1, -0.05) is 31.2 Å². The van der Waals surface area contributed by atoms with Crippen molar-refractivity contribution in [2.24, 2.45) is 0 Å². The minimum absolute atomic E-state index is 0.00944. The van der Waals surface area contributed by atoms with E-state index in [1.54, 1.807) is 12.1 Å². The van der Waals surface area contributed by atoms with Gasteiger partial charge in [-0.05, 0) is 68.0 Å². The quantitative estimate of drug-likeness (QED) is 0.691. The molecule has 0 spiro atoms. The van der Waals surface area contributed by atoms with Gasteiger partial charge in [0, 0.05) is 6.04 Å². The van der Waals surface area contributed by atoms with E-state index in [1.165, 1.54) is 23.3 Å². The molecule has 0 aliphatic heterocycles. The predicted molar refractivity (Wildman–Crippen MR) is 112 cm³/mol. The molecule has 2 aromatic carbocycles. The Labute approximate surface area is 172 Å². The molecule has 1 aliphatic rings. The monoisotopic (exact) mass is 416 g/mol. The number of nitrogens with one attached hydrogen (secondary N) is 2. The summed E-state index contributed by atoms with van der Waals surface area (Å²) < 4.78 is 32.7. The first-order valence-corrected chi connectivity index (χ1v) is 11.5. The second kappa shape index (κ2) is 9.41. The summed E-state index contributed by atoms with van der Waals surface area (Å²) in [6.07, 6.45) is 3.71. The van der Waals surface area contributed by atoms with Crippen molar-refractivity contribution >= 4 is 15.9 Å². The molecule has 1 aliphatic carbocycles. The Morgan fingerprint density at radius 3 is 2.62 bits per heavy atom. The molecule has 0 fully saturated rings. The first-order chi connectivity index (χ1) is 13.9. The Morgan fingerprint density at radius 1 is 1.17 bits per heavy atom. The largest absolute Gasteiger partial charge is 0.484 e. The summed E-state index contributed by atoms with van der Waals surface area (Å²) in [5.74, 6) is 0.258. The van der Waals surface area contributed by atoms with Crippen LogP contribution in [0.3, 0.4) is 0 Å². The molecule has 0 heterocycles. The molecule has 6 nitrogen and oxygen atoms in total. The maximum Gasteiger partial charge on any atom is 0.258 e. The van der Waals surface area contributed by atoms with Crippen LogP contribution in [0.1, 0.15) is 50.3 Å². The van der Waals surface area contributed by atoms with Gasteiger partial charge in [-0.2, -0.15) is 0 Å². The number of rotatable bonds is 8. The molecule has 0 saturated heterocycles. The average molecular weight is 417 g/mol. The zero-order chi connectivity index (χ0) is 20.9. The molecule has 2 atom stereocenters. The minimum Gasteiger partial charge on any atom is -0.484 e. The van der Waals surface area contributed by atoms with Gasteiger partial charge < -0.3 is 10.1 Å². The van der Waals surface area contributed by atoms with Gasteiger partial charge in [-0.3, -0.25) is 4.79 Å². The highest BCUT2D eigenvalue weighted by molar-refractivity contribution is 7.89. The third-order valence-electron chi connectivity index (χ3n) is 5.18. The molecule has 29 heavy (non-hydrogen) atoms. The van der Waals surface area contributed by atoms with Gasteiger partial charge in [0.15, 0.2) is 6.61 Å². The van der Waals surface area contributed by atoms with Crippen LogP contribution in [0.25, 0.3) is 0 Å². The molecule has 2 N–H and O–H groups in total. The van der Waals surface area contributed by atoms with E-state index in [0.717, 1.165) is 19.3 Å². The van der Waals surface area contributed by atoms with Crippen molar-refractivity contribution in [2.75, 3.05) is 6.61 Å². The summed E-state index contributed by atoms with van der Waals surface area (Å²) in [7, 11) is -3.55. The van der Waals surface area contributed by atoms with Gasteiger partial charge in [0.25, 0.3) is 5.91 Å². The highest BCUT2D eigenvalue weighted by atomic mass is 32.2. The average Bonchev–Trinajstić information content (AvgIpc) is 2.72. The van der Waals surface area contributed by atoms with E-state index in [1.807, 2.05) is 26.0 Å². The zero-order valence-electron chi connectivity index (χ0n) is 16.9. The molecular weight excluding hydrogens is 388 g/mol. The summed E-state index contributed by atoms with van der Waals surface area (Å²) in [5, 5.41) is 3.04. The van der Waals surface area contributed by atoms with Crippen LogP contribution >= 0.6 is 0 Å². The standard InChI is InChI=1S/C22H28N2O4S/c1-3-16(2)24-29(26,27)19-13-11-18(12-14-19)28-15-22(25)23-21-10-6-8-17-7-4-5-9-20(17)21/h4-5,7,9,11-14,16,21,24H,3,6,8,10,15H2,1-2H3,(H,23,25)/t16-,21+/m0/s1. The van der Waals surface area contributed by atoms with Crippen LogP contribution in [0.2, 0.25) is 0 Å². The number of carbonyl (C=O) groups excluding carboxylic acids is 1. The van der Waals surface area contributed by atoms with Crippen LogP contribution in [0.4, 0.5) is 0 Å². The van der Waals surface area contributed by atoms with Crippen LogP contribution < -0.4 is 14.8 Å². The van der Waals surface area contributed by atoms with E-state index < -0.39 is 10.0 Å². The first-order valence-electron chi connectivity index (χ1n) is 10.0. The van der Waals surface area contributed by atoms with Crippen molar-refractivity contribution < 1.29 is 17.9 Å². The molecule has 0 radical (unpaired) electrons. The van der Waals surface area contributed by atoms with Crippen molar-refractivity contribution in [2.45, 2.75) is 56.5 Å². The Morgan fingerprint density at radius 2 is 1.90 bits per heavy atom. The third-order valence-corrected chi connectivity index (χ3v) is 6.78. The lowest BCUT2D eigenvalue weighted by Crippen LogP contribution is -2.34. The molecule has 0 aromatic heterocycles. The van der Waals surface area contributed by atoms with Gasteiger partial charge >= 0.3 is 0 Å². The molecule has 0 saturated carbocycles. The second-order valence-corrected chi connectivity index (χ2v) is 9.12. The number of fused-ring (bicyclic) bond motifs is 1. The fourth-order valence-electron chi connectivity index (χ4n) is 3.42. The van der Waals surface area contributed by atoms with Crippen molar-refractivity contribution in [3.05, 3.63) is 59.7 Å². The van der Waals surface area contributed by atoms with Crippen molar-refractivity contribution in [1.82, 2.24) is 10.0 Å². The smallest absolute Gasteiger partial charge is 0.258 e. The summed E-state index contributed by atoms with van der Waals surface area (Å²) in [6.45, 7) is 3.62. The van der Waals surface area contributed by atoms with E-state index >= 15 is 0 Å². The lowest BCUT2D eigenvalue weighted by Gasteiger charge is -2.26. The molecule has 2 aromatic rings. The van der Waals surface area contributed by atoms with Gasteiger partial charge in [0.05, 0.1) is 10.9 Å². The van der Waals surface area contributed by atoms with Crippen LogP contribution in [0, 0.1) is 0 Å². The molecule has 0 unspecified atom stereocenters. The minimum atomic E-state index is -3.55. The summed E-state index contributed by atoms with van der Waals surface area (Å²) >= 11 is 0. The summed E-state index contributed by atoms with van der Waals surface area (Å²) in [6, 6.07) is 14.1. The predicted octanol–water partition coefficient (Wildman–Crippen LogP) is 3.34. The van der Waals surface area contributed by atoms with Gasteiger partial charge in [0.1, 0.15) is 5.75 Å². The molecule has 3 rings (SSSR count). The fourth-order valence-corrected chi connectivity index (χ4v) is 4.75. The molecule has 7 heteroatoms. The Bertz CT molecular complexity index is 942. The topological polar surface area (TPSA) is 84.5 Å². The van der Waals surface area contributed by atoms with Crippen LogP contribution in [-0.4, -0.2) is 27.0 Å². The number of amides is 1. The van der Waals surface area contributed by atoms with E-state index in [0.29, 0.717) is 12.2 Å². The molecular formula is C22H28N2O4S. The molecule has 156 valence electrons. The van der Waals surface area contributed by atoms with Crippen molar-refractivity contribution in [3.63, 3.8) is 0 Å². The lowest BCUT2D eigenvalue weighted by atomic mass is 9.88. The van der Waals surface area contributed by atoms with Gasteiger partial charge in [0.2, 0.25) is 10.0 Å². The Kier molecular flexibility index (Phi) is 6.92. The number of benzene rings is 2. The van der Waals surface area contributed by atoms with Crippen LogP contribution in [0.5, 0.6) is 5.75 Å². The highest BCUT2D eigenvalue weighted by Crippen LogP contribution is 2.29. The summed E-state index contributed by atoms with van der Waals surface area (Å²) in [5.41, 5.74) is 2.46. The van der Waals surface area contributed by atoms with Crippen molar-refractivity contribution in [1.29, 1.82) is 0 Å².